The van der Waals surface area contributed by atoms with Crippen molar-refractivity contribution in [1.29, 1.82) is 0 Å². The Morgan fingerprint density at radius 1 is 1.04 bits per heavy atom. The third-order valence-electron chi connectivity index (χ3n) is 3.46. The smallest absolute Gasteiger partial charge is 0.277 e. The molecule has 0 fully saturated rings. The summed E-state index contributed by atoms with van der Waals surface area (Å²) in [6.45, 7) is 0. The normalized spacial score (nSPS) is 10.6. The lowest BCUT2D eigenvalue weighted by Crippen LogP contribution is -2.07. The quantitative estimate of drug-likeness (QED) is 0.503. The minimum absolute atomic E-state index is 0.0377. The molecular weight excluding hydrogens is 322 g/mol. The summed E-state index contributed by atoms with van der Waals surface area (Å²) in [5.41, 5.74) is 2.64. The van der Waals surface area contributed by atoms with E-state index in [0.717, 1.165) is 11.3 Å². The standard InChI is InChI=1S/C18H17N3O2S/c1-21(2)15-10-8-14(9-11-15)17-19-20-18(23-17)24-12-16(22)13-6-4-3-5-7-13/h3-11H,12H2,1-2H3. The second-order valence-corrected chi connectivity index (χ2v) is 6.32. The first-order valence-electron chi connectivity index (χ1n) is 7.46. The summed E-state index contributed by atoms with van der Waals surface area (Å²) in [5, 5.41) is 8.44. The zero-order chi connectivity index (χ0) is 16.9. The Hall–Kier alpha value is -2.60. The van der Waals surface area contributed by atoms with E-state index in [4.69, 9.17) is 4.42 Å². The number of carbonyl (C=O) groups is 1. The number of hydrogen-bond acceptors (Lipinski definition) is 6. The lowest BCUT2D eigenvalue weighted by Gasteiger charge is -2.11. The van der Waals surface area contributed by atoms with E-state index in [1.165, 1.54) is 11.8 Å². The summed E-state index contributed by atoms with van der Waals surface area (Å²) in [4.78, 5) is 14.1. The minimum atomic E-state index is 0.0377. The van der Waals surface area contributed by atoms with Crippen LogP contribution in [0.4, 0.5) is 5.69 Å². The van der Waals surface area contributed by atoms with Crippen molar-refractivity contribution in [1.82, 2.24) is 10.2 Å². The fraction of sp³-hybridized carbons (Fsp3) is 0.167. The monoisotopic (exact) mass is 339 g/mol. The summed E-state index contributed by atoms with van der Waals surface area (Å²) in [6.07, 6.45) is 0. The van der Waals surface area contributed by atoms with E-state index in [-0.39, 0.29) is 11.5 Å². The highest BCUT2D eigenvalue weighted by molar-refractivity contribution is 7.99. The fourth-order valence-electron chi connectivity index (χ4n) is 2.12. The zero-order valence-electron chi connectivity index (χ0n) is 13.5. The van der Waals surface area contributed by atoms with E-state index in [1.807, 2.05) is 61.5 Å². The molecule has 0 radical (unpaired) electrons. The number of benzene rings is 2. The molecule has 0 unspecified atom stereocenters. The van der Waals surface area contributed by atoms with Crippen molar-refractivity contribution in [3.63, 3.8) is 0 Å². The second-order valence-electron chi connectivity index (χ2n) is 5.39. The maximum Gasteiger partial charge on any atom is 0.277 e. The number of nitrogens with zero attached hydrogens (tertiary/aromatic N) is 3. The molecule has 122 valence electrons. The van der Waals surface area contributed by atoms with Gasteiger partial charge in [-0.05, 0) is 24.3 Å². The summed E-state index contributed by atoms with van der Waals surface area (Å²) < 4.78 is 5.63. The summed E-state index contributed by atoms with van der Waals surface area (Å²) in [6, 6.07) is 17.0. The van der Waals surface area contributed by atoms with Crippen molar-refractivity contribution >= 4 is 23.2 Å². The van der Waals surface area contributed by atoms with Gasteiger partial charge in [0.2, 0.25) is 5.89 Å². The highest BCUT2D eigenvalue weighted by Gasteiger charge is 2.12. The summed E-state index contributed by atoms with van der Waals surface area (Å²) >= 11 is 1.25. The Morgan fingerprint density at radius 2 is 1.75 bits per heavy atom. The third-order valence-corrected chi connectivity index (χ3v) is 4.28. The van der Waals surface area contributed by atoms with Crippen LogP contribution >= 0.6 is 11.8 Å². The second kappa shape index (κ2) is 7.31. The van der Waals surface area contributed by atoms with Crippen molar-refractivity contribution in [3.05, 3.63) is 60.2 Å². The van der Waals surface area contributed by atoms with Gasteiger partial charge in [0.1, 0.15) is 0 Å². The molecule has 0 amide bonds. The number of anilines is 1. The Labute approximate surface area is 144 Å². The largest absolute Gasteiger partial charge is 0.411 e. The number of Topliss-reactive ketones (excluding diaryl/α,β-unsaturated/α-hetero) is 1. The van der Waals surface area contributed by atoms with Crippen LogP contribution in [0.2, 0.25) is 0 Å². The molecule has 0 aliphatic heterocycles. The van der Waals surface area contributed by atoms with Gasteiger partial charge < -0.3 is 9.32 Å². The van der Waals surface area contributed by atoms with Crippen LogP contribution in [0.3, 0.4) is 0 Å². The predicted molar refractivity (Wildman–Crippen MR) is 95.6 cm³/mol. The Kier molecular flexibility index (Phi) is 4.96. The maximum atomic E-state index is 12.1. The van der Waals surface area contributed by atoms with Crippen LogP contribution in [0.1, 0.15) is 10.4 Å². The third kappa shape index (κ3) is 3.83. The molecule has 0 aliphatic rings. The molecule has 0 saturated carbocycles. The van der Waals surface area contributed by atoms with Gasteiger partial charge in [0, 0.05) is 30.9 Å². The number of hydrogen-bond donors (Lipinski definition) is 0. The molecular formula is C18H17N3O2S. The van der Waals surface area contributed by atoms with Crippen molar-refractivity contribution in [3.8, 4) is 11.5 Å². The van der Waals surface area contributed by atoms with Gasteiger partial charge in [-0.25, -0.2) is 0 Å². The molecule has 0 aliphatic carbocycles. The molecule has 0 saturated heterocycles. The van der Waals surface area contributed by atoms with Gasteiger partial charge in [-0.15, -0.1) is 10.2 Å². The van der Waals surface area contributed by atoms with Crippen LogP contribution < -0.4 is 4.90 Å². The SMILES string of the molecule is CN(C)c1ccc(-c2nnc(SCC(=O)c3ccccc3)o2)cc1. The summed E-state index contributed by atoms with van der Waals surface area (Å²) in [7, 11) is 3.97. The van der Waals surface area contributed by atoms with Crippen molar-refractivity contribution in [2.45, 2.75) is 5.22 Å². The molecule has 0 spiro atoms. The number of carbonyl (C=O) groups excluding carboxylic acids is 1. The molecule has 1 aromatic heterocycles. The van der Waals surface area contributed by atoms with Crippen LogP contribution in [0.15, 0.2) is 64.2 Å². The first-order chi connectivity index (χ1) is 11.6. The first kappa shape index (κ1) is 16.3. The predicted octanol–water partition coefficient (Wildman–Crippen LogP) is 3.78. The van der Waals surface area contributed by atoms with Gasteiger partial charge in [0.25, 0.3) is 5.22 Å². The van der Waals surface area contributed by atoms with E-state index in [9.17, 15) is 4.79 Å². The lowest BCUT2D eigenvalue weighted by molar-refractivity contribution is 0.102. The molecule has 0 atom stereocenters. The zero-order valence-corrected chi connectivity index (χ0v) is 14.3. The number of ketones is 1. The highest BCUT2D eigenvalue weighted by Crippen LogP contribution is 2.25. The lowest BCUT2D eigenvalue weighted by atomic mass is 10.2. The first-order valence-corrected chi connectivity index (χ1v) is 8.44. The Bertz CT molecular complexity index is 814. The summed E-state index contributed by atoms with van der Waals surface area (Å²) in [5.74, 6) is 0.760. The fourth-order valence-corrected chi connectivity index (χ4v) is 2.78. The van der Waals surface area contributed by atoms with Crippen molar-refractivity contribution in [2.24, 2.45) is 0 Å². The van der Waals surface area contributed by atoms with Gasteiger partial charge in [-0.2, -0.15) is 0 Å². The van der Waals surface area contributed by atoms with Crippen LogP contribution in [0, 0.1) is 0 Å². The van der Waals surface area contributed by atoms with Crippen molar-refractivity contribution < 1.29 is 9.21 Å². The molecule has 5 nitrogen and oxygen atoms in total. The number of thioether (sulfide) groups is 1. The van der Waals surface area contributed by atoms with Gasteiger partial charge in [0.15, 0.2) is 5.78 Å². The van der Waals surface area contributed by atoms with E-state index in [2.05, 4.69) is 10.2 Å². The van der Waals surface area contributed by atoms with Crippen LogP contribution in [0.5, 0.6) is 0 Å². The van der Waals surface area contributed by atoms with Gasteiger partial charge in [0.05, 0.1) is 5.75 Å². The molecule has 3 rings (SSSR count). The topological polar surface area (TPSA) is 59.2 Å². The maximum absolute atomic E-state index is 12.1. The van der Waals surface area contributed by atoms with Gasteiger partial charge >= 0.3 is 0 Å². The molecule has 3 aromatic rings. The molecule has 1 heterocycles. The number of rotatable bonds is 6. The molecule has 0 N–H and O–H groups in total. The molecule has 0 bridgehead atoms. The highest BCUT2D eigenvalue weighted by atomic mass is 32.2. The molecule has 24 heavy (non-hydrogen) atoms. The van der Waals surface area contributed by atoms with E-state index in [0.29, 0.717) is 16.7 Å². The van der Waals surface area contributed by atoms with E-state index < -0.39 is 0 Å². The Balaban J connectivity index is 1.64. The van der Waals surface area contributed by atoms with Crippen LogP contribution in [-0.4, -0.2) is 35.8 Å². The average Bonchev–Trinajstić information content (AvgIpc) is 3.09. The number of aromatic nitrogens is 2. The van der Waals surface area contributed by atoms with Crippen LogP contribution in [-0.2, 0) is 0 Å². The van der Waals surface area contributed by atoms with Crippen molar-refractivity contribution in [2.75, 3.05) is 24.7 Å². The average molecular weight is 339 g/mol. The molecule has 6 heteroatoms. The van der Waals surface area contributed by atoms with E-state index in [1.54, 1.807) is 12.1 Å². The van der Waals surface area contributed by atoms with E-state index >= 15 is 0 Å². The van der Waals surface area contributed by atoms with Crippen LogP contribution in [0.25, 0.3) is 11.5 Å². The Morgan fingerprint density at radius 3 is 2.42 bits per heavy atom. The molecule has 2 aromatic carbocycles. The minimum Gasteiger partial charge on any atom is -0.411 e. The van der Waals surface area contributed by atoms with Gasteiger partial charge in [-0.3, -0.25) is 4.79 Å². The van der Waals surface area contributed by atoms with Gasteiger partial charge in [-0.1, -0.05) is 42.1 Å².